The van der Waals surface area contributed by atoms with Crippen LogP contribution in [0.5, 0.6) is 5.75 Å². The van der Waals surface area contributed by atoms with Crippen molar-refractivity contribution >= 4 is 5.91 Å². The highest BCUT2D eigenvalue weighted by Crippen LogP contribution is 2.14. The lowest BCUT2D eigenvalue weighted by molar-refractivity contribution is -0.123. The van der Waals surface area contributed by atoms with Gasteiger partial charge < -0.3 is 10.1 Å². The Labute approximate surface area is 154 Å². The number of carbonyl (C=O) groups is 1. The molecule has 1 saturated heterocycles. The van der Waals surface area contributed by atoms with Crippen LogP contribution < -0.4 is 10.1 Å². The van der Waals surface area contributed by atoms with Crippen molar-refractivity contribution in [2.75, 3.05) is 19.7 Å². The third-order valence-corrected chi connectivity index (χ3v) is 4.52. The van der Waals surface area contributed by atoms with Crippen molar-refractivity contribution in [3.8, 4) is 5.75 Å². The van der Waals surface area contributed by atoms with Gasteiger partial charge in [0.2, 0.25) is 0 Å². The predicted molar refractivity (Wildman–Crippen MR) is 99.3 cm³/mol. The molecule has 0 unspecified atom stereocenters. The molecule has 138 valence electrons. The van der Waals surface area contributed by atoms with Gasteiger partial charge >= 0.3 is 0 Å². The molecular formula is C21H25FN2O2. The lowest BCUT2D eigenvalue weighted by atomic mass is 10.1. The largest absolute Gasteiger partial charge is 0.484 e. The SMILES string of the molecule is O=C(COc1ccc(F)cc1)NCc1cccc(CN2CCCCC2)c1. The van der Waals surface area contributed by atoms with E-state index in [1.807, 2.05) is 12.1 Å². The molecule has 2 aromatic rings. The molecule has 1 heterocycles. The van der Waals surface area contributed by atoms with Gasteiger partial charge in [0.15, 0.2) is 6.61 Å². The molecular weight excluding hydrogens is 331 g/mol. The number of halogens is 1. The molecule has 0 aliphatic carbocycles. The summed E-state index contributed by atoms with van der Waals surface area (Å²) in [4.78, 5) is 14.4. The van der Waals surface area contributed by atoms with Gasteiger partial charge in [-0.2, -0.15) is 0 Å². The van der Waals surface area contributed by atoms with Crippen molar-refractivity contribution in [2.45, 2.75) is 32.4 Å². The van der Waals surface area contributed by atoms with Crippen molar-refractivity contribution in [3.05, 3.63) is 65.5 Å². The van der Waals surface area contributed by atoms with Crippen molar-refractivity contribution in [1.82, 2.24) is 10.2 Å². The minimum absolute atomic E-state index is 0.0842. The number of hydrogen-bond acceptors (Lipinski definition) is 3. The molecule has 0 saturated carbocycles. The first-order valence-corrected chi connectivity index (χ1v) is 9.14. The molecule has 1 amide bonds. The second kappa shape index (κ2) is 9.34. The van der Waals surface area contributed by atoms with Crippen LogP contribution in [0.3, 0.4) is 0 Å². The van der Waals surface area contributed by atoms with Crippen LogP contribution in [-0.2, 0) is 17.9 Å². The van der Waals surface area contributed by atoms with Crippen LogP contribution >= 0.6 is 0 Å². The summed E-state index contributed by atoms with van der Waals surface area (Å²) in [5, 5.41) is 2.86. The van der Waals surface area contributed by atoms with Crippen LogP contribution in [0, 0.1) is 5.82 Å². The van der Waals surface area contributed by atoms with Gasteiger partial charge in [-0.1, -0.05) is 30.7 Å². The average Bonchev–Trinajstić information content (AvgIpc) is 2.67. The minimum Gasteiger partial charge on any atom is -0.484 e. The number of likely N-dealkylation sites (tertiary alicyclic amines) is 1. The molecule has 26 heavy (non-hydrogen) atoms. The number of nitrogens with zero attached hydrogens (tertiary/aromatic N) is 1. The lowest BCUT2D eigenvalue weighted by Gasteiger charge is -2.26. The summed E-state index contributed by atoms with van der Waals surface area (Å²) < 4.78 is 18.2. The summed E-state index contributed by atoms with van der Waals surface area (Å²) in [7, 11) is 0. The summed E-state index contributed by atoms with van der Waals surface area (Å²) in [5.74, 6) is -0.0490. The Hall–Kier alpha value is -2.40. The highest BCUT2D eigenvalue weighted by Gasteiger charge is 2.10. The van der Waals surface area contributed by atoms with E-state index in [1.54, 1.807) is 0 Å². The minimum atomic E-state index is -0.328. The van der Waals surface area contributed by atoms with Crippen molar-refractivity contribution in [1.29, 1.82) is 0 Å². The summed E-state index contributed by atoms with van der Waals surface area (Å²) in [5.41, 5.74) is 2.36. The van der Waals surface area contributed by atoms with E-state index in [-0.39, 0.29) is 18.3 Å². The van der Waals surface area contributed by atoms with E-state index in [2.05, 4.69) is 22.3 Å². The van der Waals surface area contributed by atoms with E-state index < -0.39 is 0 Å². The number of rotatable bonds is 7. The van der Waals surface area contributed by atoms with Gasteiger partial charge in [0.25, 0.3) is 5.91 Å². The Morgan fingerprint density at radius 1 is 1.04 bits per heavy atom. The molecule has 2 aromatic carbocycles. The molecule has 3 rings (SSSR count). The van der Waals surface area contributed by atoms with Crippen molar-refractivity contribution in [3.63, 3.8) is 0 Å². The van der Waals surface area contributed by atoms with Gasteiger partial charge in [-0.25, -0.2) is 4.39 Å². The smallest absolute Gasteiger partial charge is 0.258 e. The fourth-order valence-corrected chi connectivity index (χ4v) is 3.15. The maximum Gasteiger partial charge on any atom is 0.258 e. The lowest BCUT2D eigenvalue weighted by Crippen LogP contribution is -2.29. The number of nitrogens with one attached hydrogen (secondary N) is 1. The molecule has 1 aliphatic rings. The van der Waals surface area contributed by atoms with E-state index in [0.29, 0.717) is 12.3 Å². The number of piperidine rings is 1. The molecule has 4 nitrogen and oxygen atoms in total. The highest BCUT2D eigenvalue weighted by molar-refractivity contribution is 5.77. The predicted octanol–water partition coefficient (Wildman–Crippen LogP) is 3.51. The van der Waals surface area contributed by atoms with Gasteiger partial charge in [-0.15, -0.1) is 0 Å². The van der Waals surface area contributed by atoms with Gasteiger partial charge in [0.1, 0.15) is 11.6 Å². The molecule has 0 bridgehead atoms. The zero-order chi connectivity index (χ0) is 18.2. The molecule has 0 spiro atoms. The first-order valence-electron chi connectivity index (χ1n) is 9.14. The van der Waals surface area contributed by atoms with Gasteiger partial charge in [0.05, 0.1) is 0 Å². The number of carbonyl (C=O) groups excluding carboxylic acids is 1. The second-order valence-corrected chi connectivity index (χ2v) is 6.68. The van der Waals surface area contributed by atoms with Crippen LogP contribution in [-0.4, -0.2) is 30.5 Å². The summed E-state index contributed by atoms with van der Waals surface area (Å²) in [6.45, 7) is 3.69. The number of hydrogen-bond donors (Lipinski definition) is 1. The van der Waals surface area contributed by atoms with E-state index in [0.717, 1.165) is 12.1 Å². The monoisotopic (exact) mass is 356 g/mol. The van der Waals surface area contributed by atoms with Crippen LogP contribution in [0.25, 0.3) is 0 Å². The maximum atomic E-state index is 12.8. The molecule has 1 aliphatic heterocycles. The Morgan fingerprint density at radius 2 is 1.77 bits per heavy atom. The quantitative estimate of drug-likeness (QED) is 0.825. The number of ether oxygens (including phenoxy) is 1. The highest BCUT2D eigenvalue weighted by atomic mass is 19.1. The topological polar surface area (TPSA) is 41.6 Å². The Morgan fingerprint density at radius 3 is 2.54 bits per heavy atom. The molecule has 0 radical (unpaired) electrons. The van der Waals surface area contributed by atoms with Gasteiger partial charge in [-0.05, 0) is 61.3 Å². The maximum absolute atomic E-state index is 12.8. The third-order valence-electron chi connectivity index (χ3n) is 4.52. The van der Waals surface area contributed by atoms with E-state index in [9.17, 15) is 9.18 Å². The van der Waals surface area contributed by atoms with E-state index >= 15 is 0 Å². The Kier molecular flexibility index (Phi) is 6.61. The van der Waals surface area contributed by atoms with Crippen molar-refractivity contribution in [2.24, 2.45) is 0 Å². The third kappa shape index (κ3) is 5.85. The van der Waals surface area contributed by atoms with Crippen LogP contribution in [0.1, 0.15) is 30.4 Å². The number of benzene rings is 2. The molecule has 1 N–H and O–H groups in total. The molecule has 0 aromatic heterocycles. The summed E-state index contributed by atoms with van der Waals surface area (Å²) in [6.07, 6.45) is 3.90. The molecule has 0 atom stereocenters. The fraction of sp³-hybridized carbons (Fsp3) is 0.381. The van der Waals surface area contributed by atoms with Gasteiger partial charge in [0, 0.05) is 13.1 Å². The Balaban J connectivity index is 1.44. The van der Waals surface area contributed by atoms with E-state index in [1.165, 1.54) is 62.2 Å². The second-order valence-electron chi connectivity index (χ2n) is 6.68. The van der Waals surface area contributed by atoms with Crippen LogP contribution in [0.15, 0.2) is 48.5 Å². The zero-order valence-electron chi connectivity index (χ0n) is 14.9. The van der Waals surface area contributed by atoms with E-state index in [4.69, 9.17) is 4.74 Å². The molecule has 5 heteroatoms. The Bertz CT molecular complexity index is 712. The summed E-state index contributed by atoms with van der Waals surface area (Å²) >= 11 is 0. The van der Waals surface area contributed by atoms with Crippen molar-refractivity contribution < 1.29 is 13.9 Å². The normalized spacial score (nSPS) is 14.8. The average molecular weight is 356 g/mol. The molecule has 1 fully saturated rings. The summed E-state index contributed by atoms with van der Waals surface area (Å²) in [6, 6.07) is 14.0. The van der Waals surface area contributed by atoms with Crippen LogP contribution in [0.2, 0.25) is 0 Å². The van der Waals surface area contributed by atoms with Gasteiger partial charge in [-0.3, -0.25) is 9.69 Å². The van der Waals surface area contributed by atoms with Crippen LogP contribution in [0.4, 0.5) is 4.39 Å². The standard InChI is InChI=1S/C21H25FN2O2/c22-19-7-9-20(10-8-19)26-16-21(25)23-14-17-5-4-6-18(13-17)15-24-11-2-1-3-12-24/h4-10,13H,1-3,11-12,14-16H2,(H,23,25). The first kappa shape index (κ1) is 18.4. The fourth-order valence-electron chi connectivity index (χ4n) is 3.15. The first-order chi connectivity index (χ1) is 12.7. The zero-order valence-corrected chi connectivity index (χ0v) is 14.9. The number of amides is 1.